The van der Waals surface area contributed by atoms with E-state index in [4.69, 9.17) is 0 Å². The van der Waals surface area contributed by atoms with Crippen molar-refractivity contribution in [2.75, 3.05) is 19.6 Å². The molecular weight excluding hydrogens is 340 g/mol. The molecule has 0 N–H and O–H groups in total. The molecule has 5 fully saturated rings. The largest absolute Gasteiger partial charge is 0.339 e. The highest BCUT2D eigenvalue weighted by Gasteiger charge is 2.45. The number of hydrogen-bond acceptors (Lipinski definition) is 3. The number of carbonyl (C=O) groups excluding carboxylic acids is 1. The van der Waals surface area contributed by atoms with Gasteiger partial charge in [-0.05, 0) is 86.8 Å². The van der Waals surface area contributed by atoms with Crippen LogP contribution in [-0.4, -0.2) is 40.8 Å². The summed E-state index contributed by atoms with van der Waals surface area (Å²) in [6.07, 6.45) is 8.87. The first kappa shape index (κ1) is 17.1. The van der Waals surface area contributed by atoms with Gasteiger partial charge in [0, 0.05) is 36.5 Å². The summed E-state index contributed by atoms with van der Waals surface area (Å²) in [5, 5.41) is 0. The molecule has 26 heavy (non-hydrogen) atoms. The van der Waals surface area contributed by atoms with E-state index in [9.17, 15) is 4.79 Å². The number of carbonyl (C=O) groups is 1. The van der Waals surface area contributed by atoms with E-state index >= 15 is 0 Å². The predicted octanol–water partition coefficient (Wildman–Crippen LogP) is 4.44. The van der Waals surface area contributed by atoms with Gasteiger partial charge in [-0.2, -0.15) is 0 Å². The molecule has 3 heterocycles. The molecule has 0 aromatic heterocycles. The van der Waals surface area contributed by atoms with Crippen LogP contribution in [0.15, 0.2) is 35.2 Å². The lowest BCUT2D eigenvalue weighted by atomic mass is 9.68. The van der Waals surface area contributed by atoms with Crippen molar-refractivity contribution in [1.29, 1.82) is 0 Å². The second-order valence-corrected chi connectivity index (χ2v) is 10.2. The molecule has 6 rings (SSSR count). The van der Waals surface area contributed by atoms with Crippen molar-refractivity contribution in [1.82, 2.24) is 9.21 Å². The van der Waals surface area contributed by atoms with Gasteiger partial charge in [0.2, 0.25) is 5.91 Å². The Labute approximate surface area is 161 Å². The molecule has 3 saturated heterocycles. The second-order valence-electron chi connectivity index (χ2n) is 9.03. The summed E-state index contributed by atoms with van der Waals surface area (Å²) in [6, 6.07) is 11.2. The van der Waals surface area contributed by atoms with Crippen molar-refractivity contribution in [2.24, 2.45) is 23.7 Å². The van der Waals surface area contributed by atoms with Gasteiger partial charge in [-0.25, -0.2) is 4.31 Å². The number of benzene rings is 1. The van der Waals surface area contributed by atoms with Crippen LogP contribution in [-0.2, 0) is 4.79 Å². The predicted molar refractivity (Wildman–Crippen MR) is 106 cm³/mol. The fourth-order valence-electron chi connectivity index (χ4n) is 6.11. The summed E-state index contributed by atoms with van der Waals surface area (Å²) in [5.74, 6) is 3.38. The van der Waals surface area contributed by atoms with Crippen molar-refractivity contribution in [3.8, 4) is 0 Å². The summed E-state index contributed by atoms with van der Waals surface area (Å²) in [4.78, 5) is 17.0. The Morgan fingerprint density at radius 2 is 1.54 bits per heavy atom. The average Bonchev–Trinajstić information content (AvgIpc) is 2.86. The Kier molecular flexibility index (Phi) is 4.74. The lowest BCUT2D eigenvalue weighted by Gasteiger charge is -2.40. The van der Waals surface area contributed by atoms with Crippen LogP contribution >= 0.6 is 11.9 Å². The van der Waals surface area contributed by atoms with Crippen LogP contribution in [0.1, 0.15) is 44.9 Å². The maximum Gasteiger partial charge on any atom is 0.226 e. The van der Waals surface area contributed by atoms with E-state index in [0.717, 1.165) is 50.2 Å². The highest BCUT2D eigenvalue weighted by molar-refractivity contribution is 7.97. The van der Waals surface area contributed by atoms with Crippen molar-refractivity contribution in [2.45, 2.75) is 55.9 Å². The van der Waals surface area contributed by atoms with Crippen LogP contribution in [0.5, 0.6) is 0 Å². The Bertz CT molecular complexity index is 629. The zero-order valence-electron chi connectivity index (χ0n) is 15.6. The van der Waals surface area contributed by atoms with Gasteiger partial charge in [0.15, 0.2) is 0 Å². The molecule has 2 atom stereocenters. The van der Waals surface area contributed by atoms with Gasteiger partial charge >= 0.3 is 0 Å². The van der Waals surface area contributed by atoms with E-state index in [-0.39, 0.29) is 5.92 Å². The number of rotatable bonds is 3. The minimum Gasteiger partial charge on any atom is -0.339 e. The maximum atomic E-state index is 13.3. The van der Waals surface area contributed by atoms with Crippen molar-refractivity contribution < 1.29 is 4.79 Å². The summed E-state index contributed by atoms with van der Waals surface area (Å²) >= 11 is 1.85. The minimum atomic E-state index is 0.262. The average molecular weight is 371 g/mol. The lowest BCUT2D eigenvalue weighted by molar-refractivity contribution is -0.139. The fourth-order valence-corrected chi connectivity index (χ4v) is 7.08. The first-order chi connectivity index (χ1) is 12.7. The summed E-state index contributed by atoms with van der Waals surface area (Å²) in [5.41, 5.74) is 0. The van der Waals surface area contributed by atoms with Gasteiger partial charge in [0.1, 0.15) is 0 Å². The van der Waals surface area contributed by atoms with Crippen LogP contribution < -0.4 is 0 Å². The van der Waals surface area contributed by atoms with Gasteiger partial charge in [-0.15, -0.1) is 0 Å². The molecule has 1 aromatic rings. The molecule has 0 radical (unpaired) electrons. The van der Waals surface area contributed by atoms with Gasteiger partial charge < -0.3 is 4.90 Å². The molecule has 2 aliphatic carbocycles. The monoisotopic (exact) mass is 370 g/mol. The zero-order valence-corrected chi connectivity index (χ0v) is 16.4. The third-order valence-electron chi connectivity index (χ3n) is 7.17. The molecular formula is C22H30N2OS. The summed E-state index contributed by atoms with van der Waals surface area (Å²) in [7, 11) is 0. The highest BCUT2D eigenvalue weighted by Crippen LogP contribution is 2.48. The molecule has 2 saturated carbocycles. The molecule has 3 nitrogen and oxygen atoms in total. The normalized spacial score (nSPS) is 34.8. The molecule has 2 unspecified atom stereocenters. The Morgan fingerprint density at radius 3 is 2.23 bits per heavy atom. The topological polar surface area (TPSA) is 23.6 Å². The number of nitrogens with zero attached hydrogens (tertiary/aromatic N) is 2. The minimum absolute atomic E-state index is 0.262. The van der Waals surface area contributed by atoms with Crippen LogP contribution in [0.4, 0.5) is 0 Å². The SMILES string of the molecule is O=C(C1CCN(Sc2ccccc2)CC1)N1CC2CC3CC(C2)CC1C3. The van der Waals surface area contributed by atoms with Crippen LogP contribution in [0, 0.1) is 23.7 Å². The number of piperidine rings is 1. The molecule has 4 heteroatoms. The summed E-state index contributed by atoms with van der Waals surface area (Å²) < 4.78 is 2.44. The lowest BCUT2D eigenvalue weighted by Crippen LogP contribution is -2.47. The standard InChI is InChI=1S/C22H30N2OS/c25-22(24-15-18-11-16-10-17(12-18)14-20(24)13-16)19-6-8-23(9-7-19)26-21-4-2-1-3-5-21/h1-5,16-20H,6-15H2. The Balaban J connectivity index is 1.19. The Hall–Kier alpha value is -1.00. The molecule has 4 bridgehead atoms. The molecule has 3 aliphatic heterocycles. The van der Waals surface area contributed by atoms with E-state index in [2.05, 4.69) is 39.5 Å². The van der Waals surface area contributed by atoms with E-state index in [0.29, 0.717) is 11.9 Å². The number of fused-ring (bicyclic) bond motifs is 1. The van der Waals surface area contributed by atoms with Gasteiger partial charge in [-0.3, -0.25) is 4.79 Å². The highest BCUT2D eigenvalue weighted by atomic mass is 32.2. The molecule has 1 aromatic carbocycles. The Morgan fingerprint density at radius 1 is 0.885 bits per heavy atom. The van der Waals surface area contributed by atoms with E-state index < -0.39 is 0 Å². The van der Waals surface area contributed by atoms with Crippen LogP contribution in [0.2, 0.25) is 0 Å². The van der Waals surface area contributed by atoms with Crippen molar-refractivity contribution >= 4 is 17.9 Å². The number of amides is 1. The molecule has 5 aliphatic rings. The van der Waals surface area contributed by atoms with Crippen molar-refractivity contribution in [3.63, 3.8) is 0 Å². The van der Waals surface area contributed by atoms with Crippen LogP contribution in [0.25, 0.3) is 0 Å². The first-order valence-electron chi connectivity index (χ1n) is 10.5. The third-order valence-corrected chi connectivity index (χ3v) is 8.28. The second kappa shape index (κ2) is 7.20. The van der Waals surface area contributed by atoms with E-state index in [1.165, 1.54) is 37.0 Å². The fraction of sp³-hybridized carbons (Fsp3) is 0.682. The van der Waals surface area contributed by atoms with E-state index in [1.807, 2.05) is 11.9 Å². The molecule has 1 amide bonds. The molecule has 140 valence electrons. The first-order valence-corrected chi connectivity index (χ1v) is 11.3. The zero-order chi connectivity index (χ0) is 17.5. The van der Waals surface area contributed by atoms with Gasteiger partial charge in [0.05, 0.1) is 0 Å². The van der Waals surface area contributed by atoms with Crippen LogP contribution in [0.3, 0.4) is 0 Å². The molecule has 0 spiro atoms. The van der Waals surface area contributed by atoms with Crippen molar-refractivity contribution in [3.05, 3.63) is 30.3 Å². The van der Waals surface area contributed by atoms with Gasteiger partial charge in [-0.1, -0.05) is 18.2 Å². The third kappa shape index (κ3) is 3.43. The smallest absolute Gasteiger partial charge is 0.226 e. The van der Waals surface area contributed by atoms with Gasteiger partial charge in [0.25, 0.3) is 0 Å². The number of hydrogen-bond donors (Lipinski definition) is 0. The maximum absolute atomic E-state index is 13.3. The quantitative estimate of drug-likeness (QED) is 0.735. The van der Waals surface area contributed by atoms with E-state index in [1.54, 1.807) is 0 Å². The summed E-state index contributed by atoms with van der Waals surface area (Å²) in [6.45, 7) is 3.13.